The normalized spacial score (nSPS) is 11.1. The van der Waals surface area contributed by atoms with Gasteiger partial charge in [0.2, 0.25) is 5.88 Å². The van der Waals surface area contributed by atoms with Crippen LogP contribution < -0.4 is 10.1 Å². The van der Waals surface area contributed by atoms with Crippen LogP contribution >= 0.6 is 11.6 Å². The molecule has 3 aromatic heterocycles. The van der Waals surface area contributed by atoms with Gasteiger partial charge in [-0.25, -0.2) is 4.98 Å². The molecule has 0 spiro atoms. The van der Waals surface area contributed by atoms with Crippen molar-refractivity contribution in [1.29, 1.82) is 0 Å². The molecule has 120 valence electrons. The largest absolute Gasteiger partial charge is 0.476 e. The van der Waals surface area contributed by atoms with Crippen LogP contribution in [0.5, 0.6) is 5.88 Å². The predicted molar refractivity (Wildman–Crippen MR) is 85.5 cm³/mol. The van der Waals surface area contributed by atoms with Crippen molar-refractivity contribution < 1.29 is 4.74 Å². The smallest absolute Gasteiger partial charge is 0.232 e. The minimum absolute atomic E-state index is 0.418. The van der Waals surface area contributed by atoms with Crippen molar-refractivity contribution in [2.75, 3.05) is 11.9 Å². The standard InChI is InChI=1S/C14H16ClN7O/c1-9(2)8-23-14-11(15)5-10(7-17-14)6-16-12-3-4-13-18-20-21-22(13)19-12/h3-5,7,9H,6,8H2,1-2H3,(H,16,19). The van der Waals surface area contributed by atoms with Gasteiger partial charge in [0.05, 0.1) is 6.61 Å². The molecule has 0 radical (unpaired) electrons. The van der Waals surface area contributed by atoms with Crippen LogP contribution in [0.15, 0.2) is 24.4 Å². The molecular formula is C14H16ClN7O. The SMILES string of the molecule is CC(C)COc1ncc(CNc2ccc3nnnn3n2)cc1Cl. The number of tetrazole rings is 1. The minimum Gasteiger partial charge on any atom is -0.476 e. The summed E-state index contributed by atoms with van der Waals surface area (Å²) in [6, 6.07) is 5.41. The molecule has 0 atom stereocenters. The zero-order valence-electron chi connectivity index (χ0n) is 12.8. The maximum absolute atomic E-state index is 6.20. The number of rotatable bonds is 6. The maximum Gasteiger partial charge on any atom is 0.232 e. The molecule has 3 heterocycles. The summed E-state index contributed by atoms with van der Waals surface area (Å²) >= 11 is 6.20. The third-order valence-corrected chi connectivity index (χ3v) is 3.23. The molecule has 0 bridgehead atoms. The highest BCUT2D eigenvalue weighted by atomic mass is 35.5. The van der Waals surface area contributed by atoms with E-state index in [1.54, 1.807) is 18.3 Å². The highest BCUT2D eigenvalue weighted by Crippen LogP contribution is 2.23. The lowest BCUT2D eigenvalue weighted by Crippen LogP contribution is -2.07. The zero-order valence-corrected chi connectivity index (χ0v) is 13.5. The van der Waals surface area contributed by atoms with Crippen molar-refractivity contribution in [3.63, 3.8) is 0 Å². The van der Waals surface area contributed by atoms with Gasteiger partial charge in [-0.3, -0.25) is 0 Å². The quantitative estimate of drug-likeness (QED) is 0.739. The molecule has 0 saturated carbocycles. The summed E-state index contributed by atoms with van der Waals surface area (Å²) in [6.07, 6.45) is 1.73. The highest BCUT2D eigenvalue weighted by molar-refractivity contribution is 6.31. The number of anilines is 1. The first-order valence-electron chi connectivity index (χ1n) is 7.18. The van der Waals surface area contributed by atoms with Gasteiger partial charge < -0.3 is 10.1 Å². The topological polar surface area (TPSA) is 90.1 Å². The lowest BCUT2D eigenvalue weighted by molar-refractivity contribution is 0.261. The third kappa shape index (κ3) is 3.84. The number of hydrogen-bond donors (Lipinski definition) is 1. The van der Waals surface area contributed by atoms with Crippen LogP contribution in [-0.4, -0.2) is 36.8 Å². The van der Waals surface area contributed by atoms with Gasteiger partial charge in [0.1, 0.15) is 10.8 Å². The van der Waals surface area contributed by atoms with Crippen molar-refractivity contribution in [2.24, 2.45) is 5.92 Å². The van der Waals surface area contributed by atoms with Gasteiger partial charge in [-0.2, -0.15) is 0 Å². The lowest BCUT2D eigenvalue weighted by atomic mass is 10.2. The predicted octanol–water partition coefficient (Wildman–Crippen LogP) is 2.21. The Morgan fingerprint density at radius 2 is 2.22 bits per heavy atom. The highest BCUT2D eigenvalue weighted by Gasteiger charge is 2.07. The van der Waals surface area contributed by atoms with E-state index in [4.69, 9.17) is 16.3 Å². The van der Waals surface area contributed by atoms with Gasteiger partial charge in [0.15, 0.2) is 5.65 Å². The average Bonchev–Trinajstić information content (AvgIpc) is 2.99. The molecule has 0 aliphatic carbocycles. The molecule has 0 aromatic carbocycles. The van der Waals surface area contributed by atoms with E-state index < -0.39 is 0 Å². The Bertz CT molecular complexity index is 805. The van der Waals surface area contributed by atoms with Crippen molar-refractivity contribution in [1.82, 2.24) is 30.2 Å². The van der Waals surface area contributed by atoms with Crippen LogP contribution in [0.3, 0.4) is 0 Å². The summed E-state index contributed by atoms with van der Waals surface area (Å²) in [6.45, 7) is 5.25. The average molecular weight is 334 g/mol. The first-order valence-corrected chi connectivity index (χ1v) is 7.56. The Morgan fingerprint density at radius 3 is 3.00 bits per heavy atom. The lowest BCUT2D eigenvalue weighted by Gasteiger charge is -2.10. The minimum atomic E-state index is 0.418. The first-order chi connectivity index (χ1) is 11.1. The fourth-order valence-corrected chi connectivity index (χ4v) is 2.09. The van der Waals surface area contributed by atoms with Gasteiger partial charge in [-0.15, -0.1) is 14.8 Å². The molecule has 0 aliphatic rings. The second-order valence-corrected chi connectivity index (χ2v) is 5.84. The van der Waals surface area contributed by atoms with Gasteiger partial charge in [-0.1, -0.05) is 25.4 Å². The Morgan fingerprint density at radius 1 is 1.35 bits per heavy atom. The van der Waals surface area contributed by atoms with E-state index in [2.05, 4.69) is 44.8 Å². The Balaban J connectivity index is 1.64. The summed E-state index contributed by atoms with van der Waals surface area (Å²) < 4.78 is 6.91. The van der Waals surface area contributed by atoms with E-state index in [0.717, 1.165) is 5.56 Å². The third-order valence-electron chi connectivity index (χ3n) is 2.96. The molecule has 3 aromatic rings. The van der Waals surface area contributed by atoms with E-state index in [0.29, 0.717) is 41.4 Å². The van der Waals surface area contributed by atoms with Crippen molar-refractivity contribution in [2.45, 2.75) is 20.4 Å². The molecule has 8 nitrogen and oxygen atoms in total. The van der Waals surface area contributed by atoms with Crippen LogP contribution in [0.2, 0.25) is 5.02 Å². The molecule has 0 aliphatic heterocycles. The second kappa shape index (κ2) is 6.74. The summed E-state index contributed by atoms with van der Waals surface area (Å²) in [5.74, 6) is 1.53. The molecule has 9 heteroatoms. The van der Waals surface area contributed by atoms with Crippen LogP contribution in [0.25, 0.3) is 5.65 Å². The molecule has 0 saturated heterocycles. The molecule has 1 N–H and O–H groups in total. The van der Waals surface area contributed by atoms with E-state index in [-0.39, 0.29) is 0 Å². The number of ether oxygens (including phenoxy) is 1. The van der Waals surface area contributed by atoms with Crippen LogP contribution in [0, 0.1) is 5.92 Å². The van der Waals surface area contributed by atoms with Crippen LogP contribution in [0.4, 0.5) is 5.82 Å². The van der Waals surface area contributed by atoms with Gasteiger partial charge in [0, 0.05) is 12.7 Å². The van der Waals surface area contributed by atoms with Gasteiger partial charge in [0.25, 0.3) is 0 Å². The Labute approximate surface area is 137 Å². The monoisotopic (exact) mass is 333 g/mol. The number of nitrogens with zero attached hydrogens (tertiary/aromatic N) is 6. The van der Waals surface area contributed by atoms with E-state index in [9.17, 15) is 0 Å². The summed E-state index contributed by atoms with van der Waals surface area (Å²) in [5.41, 5.74) is 1.51. The number of hydrogen-bond acceptors (Lipinski definition) is 7. The number of nitrogens with one attached hydrogen (secondary N) is 1. The number of aromatic nitrogens is 6. The number of halogens is 1. The van der Waals surface area contributed by atoms with Crippen LogP contribution in [-0.2, 0) is 6.54 Å². The van der Waals surface area contributed by atoms with Gasteiger partial charge in [-0.05, 0) is 40.1 Å². The molecule has 0 fully saturated rings. The molecule has 0 amide bonds. The van der Waals surface area contributed by atoms with Crippen molar-refractivity contribution in [3.8, 4) is 5.88 Å². The zero-order chi connectivity index (χ0) is 16.2. The first kappa shape index (κ1) is 15.4. The molecule has 3 rings (SSSR count). The fourth-order valence-electron chi connectivity index (χ4n) is 1.85. The summed E-state index contributed by atoms with van der Waals surface area (Å²) in [7, 11) is 0. The second-order valence-electron chi connectivity index (χ2n) is 5.43. The van der Waals surface area contributed by atoms with E-state index in [1.807, 2.05) is 6.07 Å². The van der Waals surface area contributed by atoms with E-state index >= 15 is 0 Å². The van der Waals surface area contributed by atoms with Gasteiger partial charge >= 0.3 is 0 Å². The molecule has 0 unspecified atom stereocenters. The number of pyridine rings is 1. The Kier molecular flexibility index (Phi) is 4.52. The Hall–Kier alpha value is -2.48. The van der Waals surface area contributed by atoms with Crippen molar-refractivity contribution >= 4 is 23.1 Å². The summed E-state index contributed by atoms with van der Waals surface area (Å²) in [5, 5.41) is 19.0. The molecule has 23 heavy (non-hydrogen) atoms. The van der Waals surface area contributed by atoms with E-state index in [1.165, 1.54) is 4.63 Å². The molecular weight excluding hydrogens is 318 g/mol. The number of fused-ring (bicyclic) bond motifs is 1. The van der Waals surface area contributed by atoms with Crippen molar-refractivity contribution in [3.05, 3.63) is 35.0 Å². The van der Waals surface area contributed by atoms with Crippen LogP contribution in [0.1, 0.15) is 19.4 Å². The fraction of sp³-hybridized carbons (Fsp3) is 0.357. The summed E-state index contributed by atoms with van der Waals surface area (Å²) in [4.78, 5) is 4.25. The maximum atomic E-state index is 6.20.